The van der Waals surface area contributed by atoms with Crippen LogP contribution in [0, 0.1) is 0 Å². The van der Waals surface area contributed by atoms with E-state index in [1.54, 1.807) is 0 Å². The Hall–Kier alpha value is -0.910. The van der Waals surface area contributed by atoms with Crippen molar-refractivity contribution in [1.29, 1.82) is 0 Å². The minimum Gasteiger partial charge on any atom is -0.394 e. The summed E-state index contributed by atoms with van der Waals surface area (Å²) >= 11 is 0. The van der Waals surface area contributed by atoms with Crippen molar-refractivity contribution < 1.29 is 20.1 Å². The molecule has 0 aromatic heterocycles. The molecule has 0 aliphatic rings. The number of hydrogen-bond acceptors (Lipinski definition) is 4. The van der Waals surface area contributed by atoms with Crippen LogP contribution in [0.2, 0.25) is 0 Å². The molecule has 0 rings (SSSR count). The van der Waals surface area contributed by atoms with Crippen LogP contribution in [-0.4, -0.2) is 46.1 Å². The first-order valence-electron chi connectivity index (χ1n) is 26.5. The molecule has 0 heterocycles. The highest BCUT2D eigenvalue weighted by molar-refractivity contribution is 5.76. The van der Waals surface area contributed by atoms with Gasteiger partial charge in [-0.2, -0.15) is 0 Å². The number of amides is 1. The fraction of sp³-hybridized carbons (Fsp3) is 0.943. The summed E-state index contributed by atoms with van der Waals surface area (Å²) in [7, 11) is 0. The average Bonchev–Trinajstić information content (AvgIpc) is 3.22. The molecule has 0 saturated carbocycles. The monoisotopic (exact) mass is 820 g/mol. The number of aliphatic hydroxyl groups excluding tert-OH is 3. The third-order valence-corrected chi connectivity index (χ3v) is 12.6. The summed E-state index contributed by atoms with van der Waals surface area (Å²) in [6.07, 6.45) is 59.3. The van der Waals surface area contributed by atoms with E-state index < -0.39 is 18.2 Å². The van der Waals surface area contributed by atoms with Crippen LogP contribution in [-0.2, 0) is 4.79 Å². The zero-order valence-corrected chi connectivity index (χ0v) is 39.5. The zero-order chi connectivity index (χ0) is 42.3. The van der Waals surface area contributed by atoms with Gasteiger partial charge in [-0.25, -0.2) is 0 Å². The Bertz CT molecular complexity index is 818. The van der Waals surface area contributed by atoms with E-state index in [0.29, 0.717) is 12.8 Å². The second-order valence-electron chi connectivity index (χ2n) is 18.5. The number of unbranched alkanes of at least 4 members (excludes halogenated alkanes) is 38. The van der Waals surface area contributed by atoms with Gasteiger partial charge in [-0.1, -0.05) is 264 Å². The van der Waals surface area contributed by atoms with Crippen molar-refractivity contribution in [3.63, 3.8) is 0 Å². The molecule has 0 aliphatic heterocycles. The molecule has 0 radical (unpaired) electrons. The number of carbonyl (C=O) groups excluding carboxylic acids is 1. The third kappa shape index (κ3) is 44.6. The van der Waals surface area contributed by atoms with Gasteiger partial charge < -0.3 is 20.6 Å². The predicted molar refractivity (Wildman–Crippen MR) is 255 cm³/mol. The lowest BCUT2D eigenvalue weighted by molar-refractivity contribution is -0.125. The van der Waals surface area contributed by atoms with Crippen LogP contribution in [0.25, 0.3) is 0 Å². The second-order valence-corrected chi connectivity index (χ2v) is 18.5. The van der Waals surface area contributed by atoms with Crippen LogP contribution in [0.15, 0.2) is 12.2 Å². The van der Waals surface area contributed by atoms with Gasteiger partial charge >= 0.3 is 0 Å². The van der Waals surface area contributed by atoms with Gasteiger partial charge in [0.15, 0.2) is 0 Å². The van der Waals surface area contributed by atoms with Crippen molar-refractivity contribution in [2.45, 2.75) is 315 Å². The first kappa shape index (κ1) is 57.1. The van der Waals surface area contributed by atoms with E-state index in [2.05, 4.69) is 31.3 Å². The minimum atomic E-state index is -0.747. The predicted octanol–water partition coefficient (Wildman–Crippen LogP) is 15.9. The van der Waals surface area contributed by atoms with Crippen LogP contribution in [0.4, 0.5) is 0 Å². The maximum Gasteiger partial charge on any atom is 0.222 e. The molecule has 4 N–H and O–H groups in total. The minimum absolute atomic E-state index is 0.0397. The summed E-state index contributed by atoms with van der Waals surface area (Å²) in [5.41, 5.74) is 0. The number of rotatable bonds is 49. The standard InChI is InChI=1S/C53H105NO4/c1-3-5-7-9-11-13-15-17-19-21-22-23-24-25-26-27-28-29-30-31-32-34-36-38-40-42-44-46-50(56)48-53(58)54-51(49-55)52(57)47-45-43-41-39-37-35-33-20-18-16-14-12-10-8-6-4-2/h25-26,50-52,55-57H,3-24,27-49H2,1-2H3,(H,54,58)/b26-25-. The SMILES string of the molecule is CCCCCCCCCCCCCC/C=C\CCCCCCCCCCCCCC(O)CC(=O)NC(CO)C(O)CCCCCCCCCCCCCCCCCC. The number of aliphatic hydroxyl groups is 3. The average molecular weight is 820 g/mol. The summed E-state index contributed by atoms with van der Waals surface area (Å²) in [4.78, 5) is 12.5. The van der Waals surface area contributed by atoms with E-state index in [9.17, 15) is 20.1 Å². The van der Waals surface area contributed by atoms with Gasteiger partial charge in [-0.3, -0.25) is 4.79 Å². The molecule has 0 aliphatic carbocycles. The van der Waals surface area contributed by atoms with Crippen molar-refractivity contribution in [3.05, 3.63) is 12.2 Å². The van der Waals surface area contributed by atoms with E-state index in [0.717, 1.165) is 25.7 Å². The maximum atomic E-state index is 12.5. The number of nitrogens with one attached hydrogen (secondary N) is 1. The zero-order valence-electron chi connectivity index (χ0n) is 39.5. The lowest BCUT2D eigenvalue weighted by Crippen LogP contribution is -2.46. The summed E-state index contributed by atoms with van der Waals surface area (Å²) in [6, 6.07) is -0.656. The molecule has 3 unspecified atom stereocenters. The van der Waals surface area contributed by atoms with Gasteiger partial charge in [0.05, 0.1) is 31.3 Å². The topological polar surface area (TPSA) is 89.8 Å². The molecule has 0 aromatic rings. The highest BCUT2D eigenvalue weighted by Gasteiger charge is 2.21. The van der Waals surface area contributed by atoms with E-state index in [1.807, 2.05) is 0 Å². The molecule has 0 aromatic carbocycles. The van der Waals surface area contributed by atoms with E-state index in [1.165, 1.54) is 238 Å². The quantitative estimate of drug-likeness (QED) is 0.0364. The van der Waals surface area contributed by atoms with Crippen molar-refractivity contribution >= 4 is 5.91 Å². The maximum absolute atomic E-state index is 12.5. The molecule has 1 amide bonds. The van der Waals surface area contributed by atoms with Crippen molar-refractivity contribution in [2.75, 3.05) is 6.61 Å². The first-order valence-corrected chi connectivity index (χ1v) is 26.5. The van der Waals surface area contributed by atoms with Gasteiger partial charge in [0, 0.05) is 0 Å². The van der Waals surface area contributed by atoms with Gasteiger partial charge in [-0.15, -0.1) is 0 Å². The smallest absolute Gasteiger partial charge is 0.222 e. The van der Waals surface area contributed by atoms with Crippen molar-refractivity contribution in [2.24, 2.45) is 0 Å². The largest absolute Gasteiger partial charge is 0.394 e. The summed E-state index contributed by atoms with van der Waals surface area (Å²) in [6.45, 7) is 4.29. The van der Waals surface area contributed by atoms with Crippen LogP contribution >= 0.6 is 0 Å². The van der Waals surface area contributed by atoms with Crippen LogP contribution in [0.5, 0.6) is 0 Å². The van der Waals surface area contributed by atoms with E-state index in [4.69, 9.17) is 0 Å². The van der Waals surface area contributed by atoms with Crippen LogP contribution < -0.4 is 5.32 Å². The normalized spacial score (nSPS) is 13.4. The van der Waals surface area contributed by atoms with Gasteiger partial charge in [0.1, 0.15) is 0 Å². The molecule has 3 atom stereocenters. The Labute approximate surface area is 363 Å². The molecule has 5 nitrogen and oxygen atoms in total. The number of allylic oxidation sites excluding steroid dienone is 2. The molecule has 0 fully saturated rings. The van der Waals surface area contributed by atoms with Gasteiger partial charge in [-0.05, 0) is 38.5 Å². The van der Waals surface area contributed by atoms with Crippen molar-refractivity contribution in [1.82, 2.24) is 5.32 Å². The molecular weight excluding hydrogens is 715 g/mol. The van der Waals surface area contributed by atoms with Gasteiger partial charge in [0.25, 0.3) is 0 Å². The summed E-state index contributed by atoms with van der Waals surface area (Å²) < 4.78 is 0. The summed E-state index contributed by atoms with van der Waals surface area (Å²) in [5.74, 6) is -0.279. The molecular formula is C53H105NO4. The molecule has 0 spiro atoms. The van der Waals surface area contributed by atoms with Gasteiger partial charge in [0.2, 0.25) is 5.91 Å². The van der Waals surface area contributed by atoms with E-state index >= 15 is 0 Å². The summed E-state index contributed by atoms with van der Waals surface area (Å²) in [5, 5.41) is 33.5. The Morgan fingerprint density at radius 3 is 1.00 bits per heavy atom. The lowest BCUT2D eigenvalue weighted by Gasteiger charge is -2.23. The molecule has 346 valence electrons. The van der Waals surface area contributed by atoms with Crippen LogP contribution in [0.1, 0.15) is 296 Å². The highest BCUT2D eigenvalue weighted by atomic mass is 16.3. The third-order valence-electron chi connectivity index (χ3n) is 12.6. The van der Waals surface area contributed by atoms with Crippen LogP contribution in [0.3, 0.4) is 0 Å². The number of hydrogen-bond donors (Lipinski definition) is 4. The second kappa shape index (κ2) is 48.8. The Morgan fingerprint density at radius 1 is 0.414 bits per heavy atom. The highest BCUT2D eigenvalue weighted by Crippen LogP contribution is 2.17. The Morgan fingerprint density at radius 2 is 0.690 bits per heavy atom. The van der Waals surface area contributed by atoms with Crippen molar-refractivity contribution in [3.8, 4) is 0 Å². The number of carbonyl (C=O) groups is 1. The van der Waals surface area contributed by atoms with E-state index in [-0.39, 0.29) is 18.9 Å². The molecule has 0 bridgehead atoms. The molecule has 58 heavy (non-hydrogen) atoms. The first-order chi connectivity index (χ1) is 28.5. The fourth-order valence-electron chi connectivity index (χ4n) is 8.52. The molecule has 5 heteroatoms. The lowest BCUT2D eigenvalue weighted by atomic mass is 10.0. The molecule has 0 saturated heterocycles. The fourth-order valence-corrected chi connectivity index (χ4v) is 8.52. The Balaban J connectivity index is 3.51. The Kier molecular flexibility index (Phi) is 48.0.